The number of allylic oxidation sites excluding steroid dienone is 3. The smallest absolute Gasteiger partial charge is 0.0568 e. The highest BCUT2D eigenvalue weighted by Crippen LogP contribution is 2.30. The monoisotopic (exact) mass is 656 g/mol. The number of aryl methyl sites for hydroxylation is 1. The van der Waals surface area contributed by atoms with Gasteiger partial charge in [-0.2, -0.15) is 5.10 Å². The Balaban J connectivity index is 1.57. The number of pyridine rings is 1. The second-order valence-electron chi connectivity index (χ2n) is 7.58. The molecule has 0 fully saturated rings. The van der Waals surface area contributed by atoms with Crippen molar-refractivity contribution in [3.63, 3.8) is 0 Å². The minimum absolute atomic E-state index is 0.180. The summed E-state index contributed by atoms with van der Waals surface area (Å²) < 4.78 is 6.94. The molecule has 0 amide bonds. The molecule has 0 atom stereocenters. The van der Waals surface area contributed by atoms with E-state index >= 15 is 0 Å². The minimum atomic E-state index is -0.180. The largest absolute Gasteiger partial charge is 0.309 e. The number of rotatable bonds is 7. The van der Waals surface area contributed by atoms with Crippen molar-refractivity contribution in [2.45, 2.75) is 13.0 Å². The van der Waals surface area contributed by atoms with Crippen molar-refractivity contribution >= 4 is 64.0 Å². The Morgan fingerprint density at radius 2 is 1.94 bits per heavy atom. The molecule has 0 aliphatic carbocycles. The lowest BCUT2D eigenvalue weighted by atomic mass is 10.0. The molecule has 160 valence electrons. The Labute approximate surface area is 211 Å². The highest BCUT2D eigenvalue weighted by Gasteiger charge is 2.11. The van der Waals surface area contributed by atoms with E-state index in [-0.39, 0.29) is 20.7 Å². The van der Waals surface area contributed by atoms with Crippen LogP contribution in [0.5, 0.6) is 0 Å². The normalized spacial score (nSPS) is 13.7. The van der Waals surface area contributed by atoms with E-state index in [0.29, 0.717) is 0 Å². The molecule has 2 aromatic heterocycles. The third kappa shape index (κ3) is 5.91. The summed E-state index contributed by atoms with van der Waals surface area (Å²) in [6.07, 6.45) is 13.5. The van der Waals surface area contributed by atoms with Gasteiger partial charge in [0.2, 0.25) is 0 Å². The molecule has 0 bridgehead atoms. The van der Waals surface area contributed by atoms with Crippen LogP contribution in [-0.2, 0) is 6.54 Å². The number of hydrogen-bond donors (Lipinski definition) is 0. The molecular formula is C24H23ClI2N4. The first-order valence-electron chi connectivity index (χ1n) is 9.96. The van der Waals surface area contributed by atoms with Crippen LogP contribution in [0.25, 0.3) is 16.7 Å². The van der Waals surface area contributed by atoms with Gasteiger partial charge >= 0.3 is 0 Å². The van der Waals surface area contributed by atoms with Crippen molar-refractivity contribution in [1.82, 2.24) is 19.7 Å². The first kappa shape index (κ1) is 22.8. The second kappa shape index (κ2) is 10.5. The fraction of sp³-hybridized carbons (Fsp3) is 0.208. The van der Waals surface area contributed by atoms with Crippen molar-refractivity contribution < 1.29 is 0 Å². The summed E-state index contributed by atoms with van der Waals surface area (Å²) in [7, 11) is 4.19. The fourth-order valence-electron chi connectivity index (χ4n) is 3.32. The first-order chi connectivity index (χ1) is 15.0. The van der Waals surface area contributed by atoms with Crippen LogP contribution in [0.4, 0.5) is 0 Å². The van der Waals surface area contributed by atoms with E-state index in [4.69, 9.17) is 11.6 Å². The summed E-state index contributed by atoms with van der Waals surface area (Å²) in [6.45, 7) is 1.97. The van der Waals surface area contributed by atoms with Crippen molar-refractivity contribution in [3.05, 3.63) is 85.0 Å². The third-order valence-electron chi connectivity index (χ3n) is 4.92. The molecule has 3 aromatic rings. The summed E-state index contributed by atoms with van der Waals surface area (Å²) in [4.78, 5) is 6.71. The molecule has 1 aliphatic heterocycles. The van der Waals surface area contributed by atoms with E-state index in [2.05, 4.69) is 92.3 Å². The predicted molar refractivity (Wildman–Crippen MR) is 148 cm³/mol. The molecule has 4 rings (SSSR count). The van der Waals surface area contributed by atoms with Crippen molar-refractivity contribution in [2.24, 2.45) is 0 Å². The Bertz CT molecular complexity index is 1180. The standard InChI is InChI=1S/C24H23ClI2N4/c1-30(2)8-3-9-31-16-20(15-29-31)19-10-18(13-28-14-19)17-6-7-27-24(11-17)22-12-21(25)4-5-23(22)26/h4-7,10-16H,3,8-9H2,1-2H3. The maximum atomic E-state index is 6.26. The van der Waals surface area contributed by atoms with Crippen LogP contribution in [0.15, 0.2) is 65.3 Å². The molecule has 7 heteroatoms. The van der Waals surface area contributed by atoms with Crippen molar-refractivity contribution in [2.75, 3.05) is 20.6 Å². The number of halogens is 3. The van der Waals surface area contributed by atoms with Gasteiger partial charge in [0, 0.05) is 59.5 Å². The minimum Gasteiger partial charge on any atom is -0.309 e. The van der Waals surface area contributed by atoms with E-state index in [1.165, 1.54) is 18.2 Å². The average molecular weight is 657 g/mol. The van der Waals surface area contributed by atoms with Crippen molar-refractivity contribution in [1.29, 1.82) is 0 Å². The lowest BCUT2D eigenvalue weighted by Crippen LogP contribution is -2.15. The number of hydrogen-bond acceptors (Lipinski definition) is 3. The molecule has 0 radical (unpaired) electrons. The van der Waals surface area contributed by atoms with E-state index in [9.17, 15) is 0 Å². The van der Waals surface area contributed by atoms with Gasteiger partial charge in [-0.1, -0.05) is 32.3 Å². The second-order valence-corrected chi connectivity index (χ2v) is 11.7. The SMILES string of the molecule is CN(C)CCCn1cc(-c2cncc(C3=CC(c4cc(Cl)ccc4I)=IC=C3)c2)cn1. The van der Waals surface area contributed by atoms with Gasteiger partial charge in [-0.05, 0) is 95.7 Å². The Morgan fingerprint density at radius 3 is 2.77 bits per heavy atom. The van der Waals surface area contributed by atoms with Crippen LogP contribution >= 0.6 is 54.9 Å². The summed E-state index contributed by atoms with van der Waals surface area (Å²) in [5, 5.41) is 5.31. The summed E-state index contributed by atoms with van der Waals surface area (Å²) in [5.41, 5.74) is 5.73. The van der Waals surface area contributed by atoms with E-state index in [1.807, 2.05) is 29.3 Å². The highest BCUT2D eigenvalue weighted by molar-refractivity contribution is 14.2. The average Bonchev–Trinajstić information content (AvgIpc) is 3.24. The summed E-state index contributed by atoms with van der Waals surface area (Å²) >= 11 is 8.47. The van der Waals surface area contributed by atoms with Gasteiger partial charge in [0.05, 0.1) is 6.20 Å². The first-order valence-corrected chi connectivity index (χ1v) is 13.7. The number of benzene rings is 1. The quantitative estimate of drug-likeness (QED) is 0.282. The van der Waals surface area contributed by atoms with E-state index in [1.54, 1.807) is 0 Å². The van der Waals surface area contributed by atoms with Crippen LogP contribution in [0.2, 0.25) is 5.02 Å². The molecule has 1 aliphatic rings. The lowest BCUT2D eigenvalue weighted by molar-refractivity contribution is 0.380. The number of nitrogens with zero attached hydrogens (tertiary/aromatic N) is 4. The predicted octanol–water partition coefficient (Wildman–Crippen LogP) is 6.26. The summed E-state index contributed by atoms with van der Waals surface area (Å²) in [6, 6.07) is 8.31. The zero-order chi connectivity index (χ0) is 21.8. The molecule has 0 saturated carbocycles. The van der Waals surface area contributed by atoms with Crippen molar-refractivity contribution in [3.8, 4) is 11.1 Å². The number of aromatic nitrogens is 3. The molecule has 0 unspecified atom stereocenters. The topological polar surface area (TPSA) is 34.0 Å². The Morgan fingerprint density at radius 1 is 1.10 bits per heavy atom. The third-order valence-corrected chi connectivity index (χ3v) is 8.38. The maximum absolute atomic E-state index is 6.26. The molecule has 3 heterocycles. The van der Waals surface area contributed by atoms with Crippen LogP contribution in [0.1, 0.15) is 17.5 Å². The molecular weight excluding hydrogens is 634 g/mol. The van der Waals surface area contributed by atoms with Crippen LogP contribution in [-0.4, -0.2) is 43.8 Å². The Kier molecular flexibility index (Phi) is 7.73. The molecule has 1 aromatic carbocycles. The maximum Gasteiger partial charge on any atom is 0.0568 e. The van der Waals surface area contributed by atoms with Gasteiger partial charge in [-0.3, -0.25) is 9.67 Å². The van der Waals surface area contributed by atoms with Gasteiger partial charge < -0.3 is 4.90 Å². The molecule has 31 heavy (non-hydrogen) atoms. The van der Waals surface area contributed by atoms with E-state index in [0.717, 1.165) is 41.2 Å². The van der Waals surface area contributed by atoms with Gasteiger partial charge in [-0.25, -0.2) is 0 Å². The molecule has 0 spiro atoms. The molecule has 4 nitrogen and oxygen atoms in total. The molecule has 0 saturated heterocycles. The van der Waals surface area contributed by atoms with Gasteiger partial charge in [-0.15, -0.1) is 0 Å². The Hall–Kier alpha value is -1.36. The fourth-order valence-corrected chi connectivity index (χ4v) is 6.89. The molecule has 0 N–H and O–H groups in total. The van der Waals surface area contributed by atoms with Crippen LogP contribution in [0, 0.1) is 3.57 Å². The zero-order valence-electron chi connectivity index (χ0n) is 17.4. The lowest BCUT2D eigenvalue weighted by Gasteiger charge is -2.12. The van der Waals surface area contributed by atoms with Gasteiger partial charge in [0.1, 0.15) is 0 Å². The van der Waals surface area contributed by atoms with E-state index < -0.39 is 0 Å². The van der Waals surface area contributed by atoms with Gasteiger partial charge in [0.15, 0.2) is 0 Å². The van der Waals surface area contributed by atoms with Crippen LogP contribution < -0.4 is 0 Å². The van der Waals surface area contributed by atoms with Gasteiger partial charge in [0.25, 0.3) is 0 Å². The zero-order valence-corrected chi connectivity index (χ0v) is 22.5. The summed E-state index contributed by atoms with van der Waals surface area (Å²) in [5.74, 6) is 0. The highest BCUT2D eigenvalue weighted by atomic mass is 127. The van der Waals surface area contributed by atoms with Crippen LogP contribution in [0.3, 0.4) is 0 Å².